The van der Waals surface area contributed by atoms with Crippen LogP contribution in [0.3, 0.4) is 0 Å². The van der Waals surface area contributed by atoms with E-state index in [1.165, 1.54) is 0 Å². The van der Waals surface area contributed by atoms with Crippen molar-refractivity contribution in [1.29, 1.82) is 0 Å². The Kier molecular flexibility index (Phi) is 3.52. The summed E-state index contributed by atoms with van der Waals surface area (Å²) in [7, 11) is 0. The van der Waals surface area contributed by atoms with Gasteiger partial charge in [0.25, 0.3) is 0 Å². The number of hydrogen-bond acceptors (Lipinski definition) is 2. The van der Waals surface area contributed by atoms with Crippen LogP contribution in [0.25, 0.3) is 10.8 Å². The number of carbonyl (C=O) groups is 1. The van der Waals surface area contributed by atoms with Crippen molar-refractivity contribution in [2.24, 2.45) is 0 Å². The molecule has 3 rings (SSSR count). The second-order valence-electron chi connectivity index (χ2n) is 4.43. The summed E-state index contributed by atoms with van der Waals surface area (Å²) in [6.45, 7) is 0.212. The molecule has 1 heterocycles. The Bertz CT molecular complexity index is 753. The Morgan fingerprint density at radius 2 is 2.15 bits per heavy atom. The third-order valence-electron chi connectivity index (χ3n) is 2.98. The van der Waals surface area contributed by atoms with E-state index in [1.54, 1.807) is 23.1 Å². The summed E-state index contributed by atoms with van der Waals surface area (Å²) in [6.07, 6.45) is 3.41. The number of aromatic nitrogens is 2. The number of rotatable bonds is 3. The number of nitrogens with one attached hydrogen (secondary N) is 1. The number of halogens is 1. The molecule has 3 aromatic rings. The van der Waals surface area contributed by atoms with Crippen LogP contribution < -0.4 is 5.32 Å². The summed E-state index contributed by atoms with van der Waals surface area (Å²) >= 11 is 3.51. The van der Waals surface area contributed by atoms with Crippen molar-refractivity contribution < 1.29 is 4.79 Å². The van der Waals surface area contributed by atoms with E-state index in [4.69, 9.17) is 0 Å². The molecule has 1 N–H and O–H groups in total. The van der Waals surface area contributed by atoms with E-state index in [0.29, 0.717) is 0 Å². The lowest BCUT2D eigenvalue weighted by Crippen LogP contribution is -2.18. The number of nitrogens with zero attached hydrogens (tertiary/aromatic N) is 2. The molecule has 20 heavy (non-hydrogen) atoms. The fourth-order valence-electron chi connectivity index (χ4n) is 2.06. The summed E-state index contributed by atoms with van der Waals surface area (Å²) in [5, 5.41) is 9.09. The highest BCUT2D eigenvalue weighted by Gasteiger charge is 2.05. The first-order chi connectivity index (χ1) is 9.72. The molecule has 1 amide bonds. The van der Waals surface area contributed by atoms with E-state index >= 15 is 0 Å². The maximum atomic E-state index is 11.9. The molecule has 0 unspecified atom stereocenters. The van der Waals surface area contributed by atoms with Crippen molar-refractivity contribution >= 4 is 38.3 Å². The highest BCUT2D eigenvalue weighted by molar-refractivity contribution is 9.10. The van der Waals surface area contributed by atoms with Gasteiger partial charge < -0.3 is 5.32 Å². The minimum absolute atomic E-state index is 0.0944. The molecule has 0 spiro atoms. The van der Waals surface area contributed by atoms with Gasteiger partial charge in [-0.1, -0.05) is 34.1 Å². The molecular formula is C15H12BrN3O. The van der Waals surface area contributed by atoms with Crippen LogP contribution in [0.4, 0.5) is 5.69 Å². The number of fused-ring (bicyclic) bond motifs is 1. The third kappa shape index (κ3) is 2.72. The first-order valence-electron chi connectivity index (χ1n) is 6.18. The van der Waals surface area contributed by atoms with Gasteiger partial charge in [-0.2, -0.15) is 5.10 Å². The van der Waals surface area contributed by atoms with Crippen molar-refractivity contribution in [1.82, 2.24) is 9.78 Å². The summed E-state index contributed by atoms with van der Waals surface area (Å²) in [4.78, 5) is 11.9. The molecule has 1 aromatic heterocycles. The summed E-state index contributed by atoms with van der Waals surface area (Å²) < 4.78 is 2.64. The van der Waals surface area contributed by atoms with E-state index in [-0.39, 0.29) is 12.5 Å². The van der Waals surface area contributed by atoms with E-state index in [1.807, 2.05) is 36.4 Å². The van der Waals surface area contributed by atoms with Gasteiger partial charge >= 0.3 is 0 Å². The number of anilines is 1. The number of hydrogen-bond donors (Lipinski definition) is 1. The maximum Gasteiger partial charge on any atom is 0.246 e. The van der Waals surface area contributed by atoms with Crippen LogP contribution in [-0.2, 0) is 11.3 Å². The third-order valence-corrected chi connectivity index (χ3v) is 3.67. The van der Waals surface area contributed by atoms with Crippen LogP contribution in [-0.4, -0.2) is 15.7 Å². The summed E-state index contributed by atoms with van der Waals surface area (Å²) in [5.74, 6) is -0.0944. The molecular weight excluding hydrogens is 318 g/mol. The molecule has 0 fully saturated rings. The highest BCUT2D eigenvalue weighted by Crippen LogP contribution is 2.26. The molecule has 4 nitrogen and oxygen atoms in total. The summed E-state index contributed by atoms with van der Waals surface area (Å²) in [6, 6.07) is 13.6. The van der Waals surface area contributed by atoms with Crippen molar-refractivity contribution in [3.05, 3.63) is 59.3 Å². The smallest absolute Gasteiger partial charge is 0.246 e. The van der Waals surface area contributed by atoms with Crippen molar-refractivity contribution in [2.45, 2.75) is 6.54 Å². The largest absolute Gasteiger partial charge is 0.324 e. The topological polar surface area (TPSA) is 46.9 Å². The van der Waals surface area contributed by atoms with Crippen molar-refractivity contribution in [3.8, 4) is 0 Å². The first kappa shape index (κ1) is 12.9. The molecule has 2 aromatic carbocycles. The molecule has 0 aliphatic carbocycles. The van der Waals surface area contributed by atoms with Gasteiger partial charge in [-0.05, 0) is 35.0 Å². The minimum atomic E-state index is -0.0944. The molecule has 0 radical (unpaired) electrons. The van der Waals surface area contributed by atoms with E-state index in [2.05, 4.69) is 26.3 Å². The maximum absolute atomic E-state index is 11.9. The second kappa shape index (κ2) is 5.46. The van der Waals surface area contributed by atoms with Gasteiger partial charge in [0.1, 0.15) is 6.54 Å². The van der Waals surface area contributed by atoms with Crippen LogP contribution in [0.5, 0.6) is 0 Å². The van der Waals surface area contributed by atoms with Gasteiger partial charge in [0, 0.05) is 22.6 Å². The molecule has 0 aliphatic heterocycles. The van der Waals surface area contributed by atoms with Gasteiger partial charge in [0.2, 0.25) is 5.91 Å². The number of carbonyl (C=O) groups excluding carboxylic acids is 1. The molecule has 0 aliphatic rings. The van der Waals surface area contributed by atoms with E-state index < -0.39 is 0 Å². The van der Waals surface area contributed by atoms with Crippen LogP contribution >= 0.6 is 15.9 Å². The Morgan fingerprint density at radius 1 is 1.25 bits per heavy atom. The molecule has 0 saturated carbocycles. The fraction of sp³-hybridized carbons (Fsp3) is 0.0667. The fourth-order valence-corrected chi connectivity index (χ4v) is 2.58. The van der Waals surface area contributed by atoms with Gasteiger partial charge in [0.15, 0.2) is 0 Å². The molecule has 0 bridgehead atoms. The number of amides is 1. The Labute approximate surface area is 124 Å². The van der Waals surface area contributed by atoms with Crippen LogP contribution in [0.2, 0.25) is 0 Å². The minimum Gasteiger partial charge on any atom is -0.324 e. The zero-order valence-electron chi connectivity index (χ0n) is 10.6. The number of benzene rings is 2. The quantitative estimate of drug-likeness (QED) is 0.800. The normalized spacial score (nSPS) is 10.7. The second-order valence-corrected chi connectivity index (χ2v) is 5.28. The molecule has 0 saturated heterocycles. The predicted molar refractivity (Wildman–Crippen MR) is 82.5 cm³/mol. The lowest BCUT2D eigenvalue weighted by atomic mass is 10.1. The van der Waals surface area contributed by atoms with E-state index in [9.17, 15) is 4.79 Å². The van der Waals surface area contributed by atoms with Crippen LogP contribution in [0.15, 0.2) is 59.3 Å². The Balaban J connectivity index is 1.79. The molecule has 0 atom stereocenters. The predicted octanol–water partition coefficient (Wildman–Crippen LogP) is 3.44. The summed E-state index contributed by atoms with van der Waals surface area (Å²) in [5.41, 5.74) is 0.785. The average molecular weight is 330 g/mol. The van der Waals surface area contributed by atoms with Crippen molar-refractivity contribution in [3.63, 3.8) is 0 Å². The lowest BCUT2D eigenvalue weighted by Gasteiger charge is -2.07. The standard InChI is InChI=1S/C15H12BrN3O/c16-14-4-1-3-11-9-12(5-6-13(11)14)18-15(20)10-19-8-2-7-17-19/h1-9H,10H2,(H,18,20). The molecule has 100 valence electrons. The zero-order chi connectivity index (χ0) is 13.9. The van der Waals surface area contributed by atoms with Gasteiger partial charge in [-0.3, -0.25) is 9.48 Å². The van der Waals surface area contributed by atoms with Crippen LogP contribution in [0.1, 0.15) is 0 Å². The average Bonchev–Trinajstić information content (AvgIpc) is 2.91. The monoisotopic (exact) mass is 329 g/mol. The first-order valence-corrected chi connectivity index (χ1v) is 6.97. The Hall–Kier alpha value is -2.14. The highest BCUT2D eigenvalue weighted by atomic mass is 79.9. The van der Waals surface area contributed by atoms with Crippen molar-refractivity contribution in [2.75, 3.05) is 5.32 Å². The van der Waals surface area contributed by atoms with Gasteiger partial charge in [0.05, 0.1) is 0 Å². The van der Waals surface area contributed by atoms with E-state index in [0.717, 1.165) is 20.9 Å². The lowest BCUT2D eigenvalue weighted by molar-refractivity contribution is -0.116. The SMILES string of the molecule is O=C(Cn1cccn1)Nc1ccc2c(Br)cccc2c1. The van der Waals surface area contributed by atoms with Gasteiger partial charge in [-0.15, -0.1) is 0 Å². The van der Waals surface area contributed by atoms with Crippen LogP contribution in [0, 0.1) is 0 Å². The van der Waals surface area contributed by atoms with Gasteiger partial charge in [-0.25, -0.2) is 0 Å². The molecule has 5 heteroatoms. The Morgan fingerprint density at radius 3 is 2.95 bits per heavy atom. The zero-order valence-corrected chi connectivity index (χ0v) is 12.2.